The smallest absolute Gasteiger partial charge is 0.314 e. The van der Waals surface area contributed by atoms with Crippen molar-refractivity contribution in [3.8, 4) is 0 Å². The summed E-state index contributed by atoms with van der Waals surface area (Å²) in [5.74, 6) is -1.17. The van der Waals surface area contributed by atoms with Crippen LogP contribution in [-0.2, 0) is 10.0 Å². The Labute approximate surface area is 121 Å². The van der Waals surface area contributed by atoms with Crippen molar-refractivity contribution in [3.63, 3.8) is 0 Å². The highest BCUT2D eigenvalue weighted by Gasteiger charge is 2.29. The Balaban J connectivity index is 2.01. The van der Waals surface area contributed by atoms with E-state index in [9.17, 15) is 22.9 Å². The zero-order valence-electron chi connectivity index (χ0n) is 11.2. The monoisotopic (exact) mass is 317 g/mol. The van der Waals surface area contributed by atoms with Crippen molar-refractivity contribution in [3.05, 3.63) is 34.1 Å². The van der Waals surface area contributed by atoms with Crippen molar-refractivity contribution in [2.75, 3.05) is 13.1 Å². The second-order valence-corrected chi connectivity index (χ2v) is 6.56. The zero-order valence-corrected chi connectivity index (χ0v) is 12.0. The van der Waals surface area contributed by atoms with E-state index >= 15 is 0 Å². The number of rotatable bonds is 8. The lowest BCUT2D eigenvalue weighted by atomic mass is 10.3. The minimum atomic E-state index is -4.10. The van der Waals surface area contributed by atoms with Crippen LogP contribution in [0.1, 0.15) is 19.3 Å². The van der Waals surface area contributed by atoms with Gasteiger partial charge in [-0.1, -0.05) is 6.07 Å². The van der Waals surface area contributed by atoms with Gasteiger partial charge in [0.1, 0.15) is 0 Å². The van der Waals surface area contributed by atoms with Crippen LogP contribution in [0, 0.1) is 15.9 Å². The van der Waals surface area contributed by atoms with E-state index in [2.05, 4.69) is 10.0 Å². The van der Waals surface area contributed by atoms with Crippen LogP contribution >= 0.6 is 0 Å². The van der Waals surface area contributed by atoms with Crippen molar-refractivity contribution < 1.29 is 17.7 Å². The van der Waals surface area contributed by atoms with Crippen molar-refractivity contribution in [1.82, 2.24) is 10.0 Å². The average molecular weight is 317 g/mol. The molecule has 116 valence electrons. The Morgan fingerprint density at radius 3 is 2.67 bits per heavy atom. The van der Waals surface area contributed by atoms with Gasteiger partial charge in [0.2, 0.25) is 15.8 Å². The molecule has 1 aromatic rings. The first kappa shape index (κ1) is 15.8. The number of benzene rings is 1. The van der Waals surface area contributed by atoms with Gasteiger partial charge in [-0.2, -0.15) is 4.39 Å². The molecule has 1 saturated carbocycles. The van der Waals surface area contributed by atoms with Gasteiger partial charge < -0.3 is 5.32 Å². The van der Waals surface area contributed by atoms with Crippen LogP contribution in [0.5, 0.6) is 0 Å². The molecule has 0 radical (unpaired) electrons. The van der Waals surface area contributed by atoms with Crippen LogP contribution in [0.3, 0.4) is 0 Å². The molecule has 1 aliphatic carbocycles. The van der Waals surface area contributed by atoms with E-state index in [0.29, 0.717) is 19.0 Å². The first-order valence-corrected chi connectivity index (χ1v) is 8.06. The van der Waals surface area contributed by atoms with Gasteiger partial charge in [-0.05, 0) is 37.9 Å². The molecule has 1 fully saturated rings. The lowest BCUT2D eigenvalue weighted by molar-refractivity contribution is -0.390. The van der Waals surface area contributed by atoms with E-state index in [1.54, 1.807) is 0 Å². The molecule has 2 N–H and O–H groups in total. The van der Waals surface area contributed by atoms with Gasteiger partial charge in [-0.25, -0.2) is 13.1 Å². The molecule has 0 heterocycles. The molecule has 0 bridgehead atoms. The number of hydrogen-bond donors (Lipinski definition) is 2. The van der Waals surface area contributed by atoms with Gasteiger partial charge in [-0.3, -0.25) is 10.1 Å². The fourth-order valence-corrected chi connectivity index (χ4v) is 3.11. The first-order valence-electron chi connectivity index (χ1n) is 6.58. The van der Waals surface area contributed by atoms with E-state index in [0.717, 1.165) is 31.0 Å². The van der Waals surface area contributed by atoms with Crippen LogP contribution < -0.4 is 10.0 Å². The predicted octanol–water partition coefficient (Wildman–Crippen LogP) is 1.15. The third kappa shape index (κ3) is 4.19. The number of nitrogens with one attached hydrogen (secondary N) is 2. The molecule has 0 saturated heterocycles. The largest absolute Gasteiger partial charge is 0.324 e. The van der Waals surface area contributed by atoms with E-state index in [1.807, 2.05) is 0 Å². The van der Waals surface area contributed by atoms with Crippen LogP contribution in [0.25, 0.3) is 0 Å². The maximum Gasteiger partial charge on any atom is 0.324 e. The molecule has 1 aromatic carbocycles. The van der Waals surface area contributed by atoms with Crippen molar-refractivity contribution in [2.45, 2.75) is 30.2 Å². The van der Waals surface area contributed by atoms with Crippen LogP contribution in [0.2, 0.25) is 0 Å². The predicted molar refractivity (Wildman–Crippen MR) is 73.9 cm³/mol. The zero-order chi connectivity index (χ0) is 15.5. The van der Waals surface area contributed by atoms with Crippen LogP contribution in [0.15, 0.2) is 23.1 Å². The van der Waals surface area contributed by atoms with Gasteiger partial charge in [0.15, 0.2) is 4.90 Å². The molecule has 0 unspecified atom stereocenters. The van der Waals surface area contributed by atoms with Gasteiger partial charge >= 0.3 is 5.69 Å². The maximum atomic E-state index is 13.4. The Morgan fingerprint density at radius 1 is 1.33 bits per heavy atom. The number of halogens is 1. The summed E-state index contributed by atoms with van der Waals surface area (Å²) in [6.07, 6.45) is 2.83. The summed E-state index contributed by atoms with van der Waals surface area (Å²) in [6.45, 7) is 0.800. The minimum Gasteiger partial charge on any atom is -0.314 e. The SMILES string of the molecule is O=[N+]([O-])c1c(F)cccc1S(=O)(=O)NCCCNC1CC1. The summed E-state index contributed by atoms with van der Waals surface area (Å²) in [6, 6.07) is 3.54. The molecular weight excluding hydrogens is 301 g/mol. The summed E-state index contributed by atoms with van der Waals surface area (Å²) in [5, 5.41) is 14.0. The molecule has 9 heteroatoms. The molecule has 2 rings (SSSR count). The van der Waals surface area contributed by atoms with E-state index in [1.165, 1.54) is 0 Å². The molecule has 7 nitrogen and oxygen atoms in total. The van der Waals surface area contributed by atoms with Crippen molar-refractivity contribution in [2.24, 2.45) is 0 Å². The average Bonchev–Trinajstić information content (AvgIpc) is 3.21. The highest BCUT2D eigenvalue weighted by atomic mass is 32.2. The number of nitrogens with zero attached hydrogens (tertiary/aromatic N) is 1. The van der Waals surface area contributed by atoms with Gasteiger partial charge in [0, 0.05) is 12.6 Å². The van der Waals surface area contributed by atoms with Crippen molar-refractivity contribution in [1.29, 1.82) is 0 Å². The second-order valence-electron chi connectivity index (χ2n) is 4.82. The molecule has 0 amide bonds. The molecule has 0 aromatic heterocycles. The molecular formula is C12H16FN3O4S. The van der Waals surface area contributed by atoms with E-state index in [4.69, 9.17) is 0 Å². The molecule has 0 aliphatic heterocycles. The number of nitro benzene ring substituents is 1. The maximum absolute atomic E-state index is 13.4. The van der Waals surface area contributed by atoms with Crippen LogP contribution in [-0.4, -0.2) is 32.5 Å². The van der Waals surface area contributed by atoms with E-state index in [-0.39, 0.29) is 6.54 Å². The minimum absolute atomic E-state index is 0.135. The van der Waals surface area contributed by atoms with E-state index < -0.39 is 31.3 Å². The first-order chi connectivity index (χ1) is 9.92. The number of para-hydroxylation sites is 1. The Kier molecular flexibility index (Phi) is 4.86. The normalized spacial score (nSPS) is 15.1. The summed E-state index contributed by atoms with van der Waals surface area (Å²) in [7, 11) is -4.10. The quantitative estimate of drug-likeness (QED) is 0.425. The lowest BCUT2D eigenvalue weighted by Gasteiger charge is -2.08. The Hall–Kier alpha value is -1.58. The summed E-state index contributed by atoms with van der Waals surface area (Å²) in [4.78, 5) is 9.13. The fourth-order valence-electron chi connectivity index (χ4n) is 1.86. The Morgan fingerprint density at radius 2 is 2.05 bits per heavy atom. The summed E-state index contributed by atoms with van der Waals surface area (Å²) < 4.78 is 39.7. The molecule has 0 spiro atoms. The lowest BCUT2D eigenvalue weighted by Crippen LogP contribution is -2.28. The molecule has 0 atom stereocenters. The third-order valence-corrected chi connectivity index (χ3v) is 4.57. The van der Waals surface area contributed by atoms with Gasteiger partial charge in [0.25, 0.3) is 0 Å². The number of sulfonamides is 1. The van der Waals surface area contributed by atoms with Gasteiger partial charge in [-0.15, -0.1) is 0 Å². The standard InChI is InChI=1S/C12H16FN3O4S/c13-10-3-1-4-11(12(10)16(17)18)21(19,20)15-8-2-7-14-9-5-6-9/h1,3-4,9,14-15H,2,5-8H2. The summed E-state index contributed by atoms with van der Waals surface area (Å²) >= 11 is 0. The summed E-state index contributed by atoms with van der Waals surface area (Å²) in [5.41, 5.74) is -1.03. The number of nitro groups is 1. The topological polar surface area (TPSA) is 101 Å². The Bertz CT molecular complexity index is 631. The van der Waals surface area contributed by atoms with Gasteiger partial charge in [0.05, 0.1) is 4.92 Å². The highest BCUT2D eigenvalue weighted by molar-refractivity contribution is 7.89. The molecule has 21 heavy (non-hydrogen) atoms. The highest BCUT2D eigenvalue weighted by Crippen LogP contribution is 2.26. The van der Waals surface area contributed by atoms with Crippen LogP contribution in [0.4, 0.5) is 10.1 Å². The second kappa shape index (κ2) is 6.46. The third-order valence-electron chi connectivity index (χ3n) is 3.08. The number of hydrogen-bond acceptors (Lipinski definition) is 5. The molecule has 1 aliphatic rings. The fraction of sp³-hybridized carbons (Fsp3) is 0.500. The van der Waals surface area contributed by atoms with Crippen molar-refractivity contribution >= 4 is 15.7 Å².